The molecule has 0 bridgehead atoms. The largest absolute Gasteiger partial charge is 0.379 e. The molecule has 0 aromatic heterocycles. The van der Waals surface area contributed by atoms with Gasteiger partial charge in [0.05, 0.1) is 19.1 Å². The van der Waals surface area contributed by atoms with Crippen molar-refractivity contribution in [3.63, 3.8) is 0 Å². The molecule has 0 spiro atoms. The first-order valence-corrected chi connectivity index (χ1v) is 6.78. The molecule has 4 nitrogen and oxygen atoms in total. The smallest absolute Gasteiger partial charge is 0.227 e. The van der Waals surface area contributed by atoms with Crippen LogP contribution in [0.5, 0.6) is 0 Å². The van der Waals surface area contributed by atoms with Gasteiger partial charge in [-0.3, -0.25) is 4.79 Å². The number of rotatable bonds is 5. The van der Waals surface area contributed by atoms with Gasteiger partial charge in [-0.1, -0.05) is 0 Å². The number of nitrogens with one attached hydrogen (secondary N) is 2. The van der Waals surface area contributed by atoms with Gasteiger partial charge in [-0.15, -0.1) is 0 Å². The van der Waals surface area contributed by atoms with Gasteiger partial charge in [-0.05, 0) is 44.1 Å². The predicted octanol–water partition coefficient (Wildman–Crippen LogP) is 0.527. The molecule has 2 unspecified atom stereocenters. The van der Waals surface area contributed by atoms with Crippen molar-refractivity contribution in [2.45, 2.75) is 31.7 Å². The van der Waals surface area contributed by atoms with E-state index in [1.165, 1.54) is 25.7 Å². The van der Waals surface area contributed by atoms with Crippen LogP contribution in [0.25, 0.3) is 0 Å². The third-order valence-electron chi connectivity index (χ3n) is 4.74. The maximum absolute atomic E-state index is 12.1. The van der Waals surface area contributed by atoms with Crippen LogP contribution in [-0.2, 0) is 9.53 Å². The molecule has 3 rings (SSSR count). The van der Waals surface area contributed by atoms with Crippen molar-refractivity contribution in [3.8, 4) is 0 Å². The molecule has 1 saturated heterocycles. The predicted molar refractivity (Wildman–Crippen MR) is 64.6 cm³/mol. The minimum absolute atomic E-state index is 0.00463. The summed E-state index contributed by atoms with van der Waals surface area (Å²) < 4.78 is 5.37. The minimum Gasteiger partial charge on any atom is -0.379 e. The highest BCUT2D eigenvalue weighted by molar-refractivity contribution is 5.80. The molecule has 17 heavy (non-hydrogen) atoms. The van der Waals surface area contributed by atoms with Crippen LogP contribution in [0.15, 0.2) is 0 Å². The zero-order valence-electron chi connectivity index (χ0n) is 10.5. The highest BCUT2D eigenvalue weighted by atomic mass is 16.5. The molecular formula is C13H22N2O2. The Balaban J connectivity index is 1.49. The lowest BCUT2D eigenvalue weighted by molar-refractivity contribution is -0.125. The van der Waals surface area contributed by atoms with Gasteiger partial charge in [0, 0.05) is 12.6 Å². The summed E-state index contributed by atoms with van der Waals surface area (Å²) in [5.41, 5.74) is 0.490. The number of carbonyl (C=O) groups is 1. The molecule has 1 heterocycles. The summed E-state index contributed by atoms with van der Waals surface area (Å²) in [5, 5.41) is 6.31. The standard InChI is InChI=1S/C13H22N2O2/c1-14-11-7-17-6-10(11)12(16)15-8-13(4-5-13)9-2-3-9/h9-11,14H,2-8H2,1H3,(H,15,16). The Labute approximate surface area is 102 Å². The number of hydrogen-bond donors (Lipinski definition) is 2. The number of ether oxygens (including phenoxy) is 1. The lowest BCUT2D eigenvalue weighted by Crippen LogP contribution is -2.44. The van der Waals surface area contributed by atoms with E-state index in [0.717, 1.165) is 12.5 Å². The minimum atomic E-state index is -0.00463. The molecule has 3 aliphatic rings. The third kappa shape index (κ3) is 2.20. The zero-order chi connectivity index (χ0) is 11.9. The molecule has 4 heteroatoms. The third-order valence-corrected chi connectivity index (χ3v) is 4.74. The second-order valence-corrected chi connectivity index (χ2v) is 5.89. The topological polar surface area (TPSA) is 50.4 Å². The van der Waals surface area contributed by atoms with Crippen molar-refractivity contribution in [2.24, 2.45) is 17.3 Å². The summed E-state index contributed by atoms with van der Waals surface area (Å²) in [7, 11) is 1.90. The molecule has 0 radical (unpaired) electrons. The molecule has 2 N–H and O–H groups in total. The van der Waals surface area contributed by atoms with Gasteiger partial charge in [0.2, 0.25) is 5.91 Å². The number of amides is 1. The fourth-order valence-electron chi connectivity index (χ4n) is 3.08. The molecule has 2 saturated carbocycles. The number of hydrogen-bond acceptors (Lipinski definition) is 3. The van der Waals surface area contributed by atoms with Gasteiger partial charge in [0.25, 0.3) is 0 Å². The summed E-state index contributed by atoms with van der Waals surface area (Å²) in [4.78, 5) is 12.1. The molecule has 1 aliphatic heterocycles. The number of carbonyl (C=O) groups excluding carboxylic acids is 1. The van der Waals surface area contributed by atoms with Gasteiger partial charge in [0.1, 0.15) is 0 Å². The van der Waals surface area contributed by atoms with Gasteiger partial charge >= 0.3 is 0 Å². The summed E-state index contributed by atoms with van der Waals surface area (Å²) in [6.07, 6.45) is 5.38. The monoisotopic (exact) mass is 238 g/mol. The fourth-order valence-corrected chi connectivity index (χ4v) is 3.08. The summed E-state index contributed by atoms with van der Waals surface area (Å²) in [6, 6.07) is 0.186. The van der Waals surface area contributed by atoms with Crippen molar-refractivity contribution < 1.29 is 9.53 Å². The van der Waals surface area contributed by atoms with E-state index in [2.05, 4.69) is 10.6 Å². The molecular weight excluding hydrogens is 216 g/mol. The second-order valence-electron chi connectivity index (χ2n) is 5.89. The normalized spacial score (nSPS) is 34.6. The molecule has 2 aliphatic carbocycles. The van der Waals surface area contributed by atoms with Crippen molar-refractivity contribution in [2.75, 3.05) is 26.8 Å². The highest BCUT2D eigenvalue weighted by Crippen LogP contribution is 2.60. The zero-order valence-corrected chi connectivity index (χ0v) is 10.5. The first-order chi connectivity index (χ1) is 8.25. The van der Waals surface area contributed by atoms with Crippen LogP contribution in [0.3, 0.4) is 0 Å². The average molecular weight is 238 g/mol. The molecule has 2 atom stereocenters. The quantitative estimate of drug-likeness (QED) is 0.734. The van der Waals surface area contributed by atoms with Crippen molar-refractivity contribution in [1.82, 2.24) is 10.6 Å². The first-order valence-electron chi connectivity index (χ1n) is 6.78. The van der Waals surface area contributed by atoms with Crippen molar-refractivity contribution in [1.29, 1.82) is 0 Å². The lowest BCUT2D eigenvalue weighted by Gasteiger charge is -2.19. The van der Waals surface area contributed by atoms with Gasteiger partial charge in [-0.25, -0.2) is 0 Å². The highest BCUT2D eigenvalue weighted by Gasteiger charge is 2.53. The first kappa shape index (κ1) is 11.5. The van der Waals surface area contributed by atoms with Crippen LogP contribution >= 0.6 is 0 Å². The summed E-state index contributed by atoms with van der Waals surface area (Å²) >= 11 is 0. The van der Waals surface area contributed by atoms with E-state index in [-0.39, 0.29) is 17.9 Å². The van der Waals surface area contributed by atoms with E-state index < -0.39 is 0 Å². The Hall–Kier alpha value is -0.610. The molecule has 3 fully saturated rings. The van der Waals surface area contributed by atoms with Crippen LogP contribution in [-0.4, -0.2) is 38.8 Å². The van der Waals surface area contributed by atoms with Crippen molar-refractivity contribution >= 4 is 5.91 Å². The second kappa shape index (κ2) is 4.25. The summed E-state index contributed by atoms with van der Waals surface area (Å²) in [6.45, 7) is 2.11. The van der Waals surface area contributed by atoms with Crippen molar-refractivity contribution in [3.05, 3.63) is 0 Å². The fraction of sp³-hybridized carbons (Fsp3) is 0.923. The van der Waals surface area contributed by atoms with Crippen LogP contribution in [0, 0.1) is 17.3 Å². The van der Waals surface area contributed by atoms with E-state index >= 15 is 0 Å². The average Bonchev–Trinajstić information content (AvgIpc) is 3.23. The van der Waals surface area contributed by atoms with Gasteiger partial charge < -0.3 is 15.4 Å². The summed E-state index contributed by atoms with van der Waals surface area (Å²) in [5.74, 6) is 1.08. The Kier molecular flexibility index (Phi) is 2.87. The SMILES string of the molecule is CNC1COCC1C(=O)NCC1(C2CC2)CC1. The van der Waals surface area contributed by atoms with Gasteiger partial charge in [0.15, 0.2) is 0 Å². The maximum atomic E-state index is 12.1. The van der Waals surface area contributed by atoms with Crippen LogP contribution in [0.4, 0.5) is 0 Å². The van der Waals surface area contributed by atoms with E-state index in [0.29, 0.717) is 18.6 Å². The Morgan fingerprint density at radius 2 is 2.12 bits per heavy atom. The van der Waals surface area contributed by atoms with Gasteiger partial charge in [-0.2, -0.15) is 0 Å². The molecule has 0 aromatic rings. The Bertz CT molecular complexity index is 311. The number of likely N-dealkylation sites (N-methyl/N-ethyl adjacent to an activating group) is 1. The van der Waals surface area contributed by atoms with E-state index in [1.807, 2.05) is 7.05 Å². The Morgan fingerprint density at radius 3 is 2.71 bits per heavy atom. The molecule has 1 amide bonds. The lowest BCUT2D eigenvalue weighted by atomic mass is 9.99. The van der Waals surface area contributed by atoms with Crippen LogP contribution in [0.1, 0.15) is 25.7 Å². The van der Waals surface area contributed by atoms with Crippen LogP contribution < -0.4 is 10.6 Å². The van der Waals surface area contributed by atoms with E-state index in [1.54, 1.807) is 0 Å². The van der Waals surface area contributed by atoms with E-state index in [4.69, 9.17) is 4.74 Å². The molecule has 96 valence electrons. The Morgan fingerprint density at radius 1 is 1.35 bits per heavy atom. The van der Waals surface area contributed by atoms with E-state index in [9.17, 15) is 4.79 Å². The maximum Gasteiger partial charge on any atom is 0.227 e. The van der Waals surface area contributed by atoms with Crippen LogP contribution in [0.2, 0.25) is 0 Å². The molecule has 0 aromatic carbocycles.